The molecule has 0 aliphatic rings. The molecular formula is C15H11N3. The van der Waals surface area contributed by atoms with E-state index in [1.807, 2.05) is 6.07 Å². The van der Waals surface area contributed by atoms with Gasteiger partial charge in [-0.2, -0.15) is 0 Å². The van der Waals surface area contributed by atoms with Crippen LogP contribution in [0.15, 0.2) is 48.8 Å². The van der Waals surface area contributed by atoms with Crippen molar-refractivity contribution in [2.45, 2.75) is 6.92 Å². The number of benzene rings is 2. The molecule has 4 rings (SSSR count). The molecular weight excluding hydrogens is 222 g/mol. The molecule has 0 spiro atoms. The molecule has 0 amide bonds. The maximum atomic E-state index is 4.23. The van der Waals surface area contributed by atoms with E-state index in [2.05, 4.69) is 57.9 Å². The van der Waals surface area contributed by atoms with Gasteiger partial charge < -0.3 is 0 Å². The first kappa shape index (κ1) is 9.59. The van der Waals surface area contributed by atoms with Gasteiger partial charge in [0.25, 0.3) is 0 Å². The lowest BCUT2D eigenvalue weighted by Gasteiger charge is -2.07. The van der Waals surface area contributed by atoms with Gasteiger partial charge in [0.15, 0.2) is 5.65 Å². The molecule has 2 heterocycles. The minimum absolute atomic E-state index is 0.918. The van der Waals surface area contributed by atoms with Crippen molar-refractivity contribution in [2.75, 3.05) is 0 Å². The van der Waals surface area contributed by atoms with Crippen LogP contribution in [-0.2, 0) is 0 Å². The fourth-order valence-corrected chi connectivity index (χ4v) is 2.58. The third kappa shape index (κ3) is 1.13. The maximum Gasteiger partial charge on any atom is 0.168 e. The molecule has 18 heavy (non-hydrogen) atoms. The predicted octanol–water partition coefficient (Wildman–Crippen LogP) is 3.34. The van der Waals surface area contributed by atoms with Gasteiger partial charge in [0.2, 0.25) is 0 Å². The van der Waals surface area contributed by atoms with Crippen molar-refractivity contribution in [2.24, 2.45) is 0 Å². The van der Waals surface area contributed by atoms with Crippen molar-refractivity contribution < 1.29 is 0 Å². The number of aromatic nitrogens is 3. The third-order valence-electron chi connectivity index (χ3n) is 3.42. The minimum Gasteiger partial charge on any atom is -0.281 e. The van der Waals surface area contributed by atoms with Gasteiger partial charge in [-0.15, -0.1) is 10.2 Å². The molecule has 0 unspecified atom stereocenters. The molecule has 0 aliphatic carbocycles. The zero-order valence-corrected chi connectivity index (χ0v) is 9.96. The van der Waals surface area contributed by atoms with Gasteiger partial charge in [-0.3, -0.25) is 4.40 Å². The number of aryl methyl sites for hydroxylation is 1. The number of pyridine rings is 1. The Bertz CT molecular complexity index is 890. The van der Waals surface area contributed by atoms with Crippen LogP contribution >= 0.6 is 0 Å². The number of nitrogens with zero attached hydrogens (tertiary/aromatic N) is 3. The first-order valence-corrected chi connectivity index (χ1v) is 5.95. The van der Waals surface area contributed by atoms with Gasteiger partial charge in [-0.05, 0) is 24.4 Å². The van der Waals surface area contributed by atoms with E-state index in [1.165, 1.54) is 16.3 Å². The topological polar surface area (TPSA) is 30.2 Å². The monoisotopic (exact) mass is 233 g/mol. The fraction of sp³-hybridized carbons (Fsp3) is 0.0667. The van der Waals surface area contributed by atoms with E-state index in [9.17, 15) is 0 Å². The standard InChI is InChI=1S/C15H11N3/c1-10-6-7-14-13(8-10)11-4-2-3-5-12(11)15-17-16-9-18(14)15/h2-9H,1H3. The van der Waals surface area contributed by atoms with Gasteiger partial charge in [0.1, 0.15) is 6.33 Å². The van der Waals surface area contributed by atoms with Crippen LogP contribution in [0.2, 0.25) is 0 Å². The van der Waals surface area contributed by atoms with Crippen LogP contribution in [0, 0.1) is 6.92 Å². The largest absolute Gasteiger partial charge is 0.281 e. The summed E-state index contributed by atoms with van der Waals surface area (Å²) in [6, 6.07) is 14.8. The Labute approximate surface area is 104 Å². The van der Waals surface area contributed by atoms with E-state index in [1.54, 1.807) is 6.33 Å². The highest BCUT2D eigenvalue weighted by molar-refractivity contribution is 6.11. The Hall–Kier alpha value is -2.42. The van der Waals surface area contributed by atoms with E-state index in [0.29, 0.717) is 0 Å². The highest BCUT2D eigenvalue weighted by Crippen LogP contribution is 2.28. The maximum absolute atomic E-state index is 4.23. The lowest BCUT2D eigenvalue weighted by Crippen LogP contribution is -1.90. The summed E-state index contributed by atoms with van der Waals surface area (Å²) in [7, 11) is 0. The van der Waals surface area contributed by atoms with E-state index in [4.69, 9.17) is 0 Å². The SMILES string of the molecule is Cc1ccc2c(c1)c1ccccc1c1nncn21. The zero-order valence-electron chi connectivity index (χ0n) is 9.96. The molecule has 2 aromatic carbocycles. The van der Waals surface area contributed by atoms with Gasteiger partial charge in [-0.25, -0.2) is 0 Å². The second kappa shape index (κ2) is 3.29. The number of hydrogen-bond acceptors (Lipinski definition) is 2. The minimum atomic E-state index is 0.918. The second-order valence-electron chi connectivity index (χ2n) is 4.59. The van der Waals surface area contributed by atoms with E-state index < -0.39 is 0 Å². The Morgan fingerprint density at radius 2 is 1.78 bits per heavy atom. The van der Waals surface area contributed by atoms with Gasteiger partial charge in [-0.1, -0.05) is 35.9 Å². The number of hydrogen-bond donors (Lipinski definition) is 0. The predicted molar refractivity (Wildman–Crippen MR) is 72.7 cm³/mol. The molecule has 0 aliphatic heterocycles. The van der Waals surface area contributed by atoms with Crippen LogP contribution < -0.4 is 0 Å². The first-order valence-electron chi connectivity index (χ1n) is 5.95. The average Bonchev–Trinajstić information content (AvgIpc) is 2.88. The Balaban J connectivity index is 2.44. The van der Waals surface area contributed by atoms with Crippen LogP contribution in [-0.4, -0.2) is 14.6 Å². The molecule has 3 heteroatoms. The van der Waals surface area contributed by atoms with E-state index in [-0.39, 0.29) is 0 Å². The van der Waals surface area contributed by atoms with Crippen molar-refractivity contribution in [1.29, 1.82) is 0 Å². The summed E-state index contributed by atoms with van der Waals surface area (Å²) >= 11 is 0. The summed E-state index contributed by atoms with van der Waals surface area (Å²) in [5.74, 6) is 0. The fourth-order valence-electron chi connectivity index (χ4n) is 2.58. The molecule has 0 bridgehead atoms. The summed E-state index contributed by atoms with van der Waals surface area (Å²) in [6.45, 7) is 2.12. The van der Waals surface area contributed by atoms with E-state index in [0.717, 1.165) is 16.6 Å². The van der Waals surface area contributed by atoms with Crippen molar-refractivity contribution in [1.82, 2.24) is 14.6 Å². The molecule has 0 atom stereocenters. The smallest absolute Gasteiger partial charge is 0.168 e. The summed E-state index contributed by atoms with van der Waals surface area (Å²) in [5, 5.41) is 11.9. The Morgan fingerprint density at radius 3 is 2.67 bits per heavy atom. The molecule has 3 nitrogen and oxygen atoms in total. The molecule has 2 aromatic heterocycles. The van der Waals surface area contributed by atoms with Crippen molar-refractivity contribution >= 4 is 27.3 Å². The van der Waals surface area contributed by atoms with Gasteiger partial charge >= 0.3 is 0 Å². The summed E-state index contributed by atoms with van der Waals surface area (Å²) in [4.78, 5) is 0. The summed E-state index contributed by atoms with van der Waals surface area (Å²) in [6.07, 6.45) is 1.78. The van der Waals surface area contributed by atoms with Gasteiger partial charge in [0.05, 0.1) is 5.52 Å². The number of fused-ring (bicyclic) bond motifs is 6. The zero-order chi connectivity index (χ0) is 12.1. The van der Waals surface area contributed by atoms with Crippen molar-refractivity contribution in [3.05, 3.63) is 54.4 Å². The molecule has 0 N–H and O–H groups in total. The lowest BCUT2D eigenvalue weighted by atomic mass is 10.0. The van der Waals surface area contributed by atoms with Gasteiger partial charge in [0, 0.05) is 10.8 Å². The molecule has 0 fully saturated rings. The lowest BCUT2D eigenvalue weighted by molar-refractivity contribution is 1.11. The average molecular weight is 233 g/mol. The highest BCUT2D eigenvalue weighted by atomic mass is 15.2. The van der Waals surface area contributed by atoms with Crippen LogP contribution in [0.3, 0.4) is 0 Å². The van der Waals surface area contributed by atoms with Crippen LogP contribution in [0.4, 0.5) is 0 Å². The summed E-state index contributed by atoms with van der Waals surface area (Å²) in [5.41, 5.74) is 3.33. The Morgan fingerprint density at radius 1 is 0.944 bits per heavy atom. The molecule has 0 saturated carbocycles. The summed E-state index contributed by atoms with van der Waals surface area (Å²) < 4.78 is 2.05. The molecule has 86 valence electrons. The highest BCUT2D eigenvalue weighted by Gasteiger charge is 2.08. The number of rotatable bonds is 0. The quantitative estimate of drug-likeness (QED) is 0.436. The third-order valence-corrected chi connectivity index (χ3v) is 3.42. The molecule has 0 saturated heterocycles. The van der Waals surface area contributed by atoms with E-state index >= 15 is 0 Å². The molecule has 0 radical (unpaired) electrons. The van der Waals surface area contributed by atoms with Crippen LogP contribution in [0.1, 0.15) is 5.56 Å². The van der Waals surface area contributed by atoms with Crippen molar-refractivity contribution in [3.63, 3.8) is 0 Å². The van der Waals surface area contributed by atoms with Crippen molar-refractivity contribution in [3.8, 4) is 0 Å². The van der Waals surface area contributed by atoms with Crippen LogP contribution in [0.25, 0.3) is 27.3 Å². The van der Waals surface area contributed by atoms with Crippen LogP contribution in [0.5, 0.6) is 0 Å². The Kier molecular flexibility index (Phi) is 1.75. The first-order chi connectivity index (χ1) is 8.84. The normalized spacial score (nSPS) is 11.6. The second-order valence-corrected chi connectivity index (χ2v) is 4.59. The molecule has 4 aromatic rings.